The third-order valence-electron chi connectivity index (χ3n) is 6.38. The number of carbonyl (C=O) groups is 3. The van der Waals surface area contributed by atoms with Gasteiger partial charge in [0.2, 0.25) is 5.91 Å². The van der Waals surface area contributed by atoms with Crippen molar-refractivity contribution < 1.29 is 23.9 Å². The Morgan fingerprint density at radius 2 is 1.94 bits per heavy atom. The van der Waals surface area contributed by atoms with Crippen LogP contribution in [-0.2, 0) is 20.9 Å². The maximum absolute atomic E-state index is 12.7. The van der Waals surface area contributed by atoms with Crippen LogP contribution < -0.4 is 15.0 Å². The van der Waals surface area contributed by atoms with E-state index in [1.807, 2.05) is 6.07 Å². The minimum Gasteiger partial charge on any atom is -0.482 e. The first-order valence-electron chi connectivity index (χ1n) is 11.6. The van der Waals surface area contributed by atoms with Crippen molar-refractivity contribution in [3.63, 3.8) is 0 Å². The summed E-state index contributed by atoms with van der Waals surface area (Å²) in [7, 11) is 1.34. The summed E-state index contributed by atoms with van der Waals surface area (Å²) < 4.78 is 10.4. The van der Waals surface area contributed by atoms with E-state index < -0.39 is 5.97 Å². The molecule has 7 nitrogen and oxygen atoms in total. The maximum atomic E-state index is 12.7. The van der Waals surface area contributed by atoms with E-state index in [-0.39, 0.29) is 25.0 Å². The third-order valence-corrected chi connectivity index (χ3v) is 6.38. The van der Waals surface area contributed by atoms with E-state index in [0.29, 0.717) is 35.0 Å². The number of methoxy groups -OCH3 is 1. The first-order chi connectivity index (χ1) is 16.0. The van der Waals surface area contributed by atoms with Crippen molar-refractivity contribution in [2.45, 2.75) is 51.5 Å². The molecule has 1 aliphatic carbocycles. The molecule has 1 N–H and O–H groups in total. The highest BCUT2D eigenvalue weighted by Gasteiger charge is 2.26. The second-order valence-electron chi connectivity index (χ2n) is 8.73. The molecule has 1 heterocycles. The number of fused-ring (bicyclic) bond motifs is 1. The zero-order valence-corrected chi connectivity index (χ0v) is 19.0. The molecule has 0 aromatic heterocycles. The second-order valence-corrected chi connectivity index (χ2v) is 8.73. The lowest BCUT2D eigenvalue weighted by atomic mass is 9.86. The fourth-order valence-electron chi connectivity index (χ4n) is 4.58. The van der Waals surface area contributed by atoms with Crippen LogP contribution in [0.3, 0.4) is 0 Å². The van der Waals surface area contributed by atoms with Crippen LogP contribution in [0.15, 0.2) is 42.5 Å². The molecule has 1 saturated carbocycles. The second kappa shape index (κ2) is 10.5. The molecule has 174 valence electrons. The number of nitrogens with zero attached hydrogens (tertiary/aromatic N) is 1. The van der Waals surface area contributed by atoms with Crippen LogP contribution in [0.2, 0.25) is 0 Å². The topological polar surface area (TPSA) is 84.9 Å². The maximum Gasteiger partial charge on any atom is 0.337 e. The predicted molar refractivity (Wildman–Crippen MR) is 125 cm³/mol. The van der Waals surface area contributed by atoms with Gasteiger partial charge < -0.3 is 19.7 Å². The van der Waals surface area contributed by atoms with Gasteiger partial charge >= 0.3 is 5.97 Å². The van der Waals surface area contributed by atoms with Crippen molar-refractivity contribution >= 4 is 29.2 Å². The van der Waals surface area contributed by atoms with Gasteiger partial charge in [0.05, 0.1) is 24.9 Å². The molecule has 1 aliphatic heterocycles. The van der Waals surface area contributed by atoms with E-state index in [1.54, 1.807) is 41.3 Å². The smallest absolute Gasteiger partial charge is 0.337 e. The van der Waals surface area contributed by atoms with E-state index in [9.17, 15) is 14.4 Å². The summed E-state index contributed by atoms with van der Waals surface area (Å²) in [4.78, 5) is 38.7. The Morgan fingerprint density at radius 3 is 2.73 bits per heavy atom. The molecule has 0 bridgehead atoms. The molecule has 1 fully saturated rings. The third kappa shape index (κ3) is 5.72. The standard InChI is InChI=1S/C26H30N2O5/c1-32-26(31)20-9-5-8-19(14-20)16-28-22-15-21(11-12-23(22)33-17-25(28)30)27-24(29)13-10-18-6-3-2-4-7-18/h5,8-9,11-12,14-15,18H,2-4,6-7,10,13,16-17H2,1H3,(H,27,29). The average Bonchev–Trinajstić information content (AvgIpc) is 2.85. The van der Waals surface area contributed by atoms with Gasteiger partial charge in [0.1, 0.15) is 5.75 Å². The largest absolute Gasteiger partial charge is 0.482 e. The normalized spacial score (nSPS) is 16.0. The molecule has 7 heteroatoms. The Hall–Kier alpha value is -3.35. The van der Waals surface area contributed by atoms with Crippen molar-refractivity contribution in [2.24, 2.45) is 5.92 Å². The van der Waals surface area contributed by atoms with Gasteiger partial charge in [-0.25, -0.2) is 4.79 Å². The zero-order valence-electron chi connectivity index (χ0n) is 19.0. The summed E-state index contributed by atoms with van der Waals surface area (Å²) in [5.41, 5.74) is 2.45. The van der Waals surface area contributed by atoms with Gasteiger partial charge in [-0.15, -0.1) is 0 Å². The number of carbonyl (C=O) groups excluding carboxylic acids is 3. The minimum atomic E-state index is -0.427. The van der Waals surface area contributed by atoms with Crippen LogP contribution in [0.1, 0.15) is 60.9 Å². The highest BCUT2D eigenvalue weighted by molar-refractivity contribution is 5.99. The summed E-state index contributed by atoms with van der Waals surface area (Å²) in [6.07, 6.45) is 7.70. The molecule has 2 aliphatic rings. The number of hydrogen-bond acceptors (Lipinski definition) is 5. The van der Waals surface area contributed by atoms with Gasteiger partial charge in [0.15, 0.2) is 6.61 Å². The molecule has 0 saturated heterocycles. The molecule has 4 rings (SSSR count). The fraction of sp³-hybridized carbons (Fsp3) is 0.423. The van der Waals surface area contributed by atoms with E-state index in [2.05, 4.69) is 5.32 Å². The average molecular weight is 451 g/mol. The number of esters is 1. The van der Waals surface area contributed by atoms with Gasteiger partial charge in [-0.2, -0.15) is 0 Å². The van der Waals surface area contributed by atoms with Crippen LogP contribution in [0.4, 0.5) is 11.4 Å². The monoisotopic (exact) mass is 450 g/mol. The quantitative estimate of drug-likeness (QED) is 0.618. The van der Waals surface area contributed by atoms with Gasteiger partial charge in [-0.1, -0.05) is 44.2 Å². The summed E-state index contributed by atoms with van der Waals surface area (Å²) >= 11 is 0. The van der Waals surface area contributed by atoms with E-state index in [1.165, 1.54) is 39.2 Å². The molecule has 33 heavy (non-hydrogen) atoms. The predicted octanol–water partition coefficient (Wildman–Crippen LogP) is 4.70. The minimum absolute atomic E-state index is 0.0130. The lowest BCUT2D eigenvalue weighted by Gasteiger charge is -2.30. The van der Waals surface area contributed by atoms with Crippen molar-refractivity contribution in [1.29, 1.82) is 0 Å². The Morgan fingerprint density at radius 1 is 1.12 bits per heavy atom. The fourth-order valence-corrected chi connectivity index (χ4v) is 4.58. The molecule has 2 aromatic carbocycles. The molecule has 0 radical (unpaired) electrons. The molecule has 0 unspecified atom stereocenters. The highest BCUT2D eigenvalue weighted by atomic mass is 16.5. The number of anilines is 2. The molecular weight excluding hydrogens is 420 g/mol. The molecule has 2 aromatic rings. The number of nitrogens with one attached hydrogen (secondary N) is 1. The van der Waals surface area contributed by atoms with Crippen molar-refractivity contribution in [1.82, 2.24) is 0 Å². The lowest BCUT2D eigenvalue weighted by Crippen LogP contribution is -2.38. The molecule has 0 spiro atoms. The number of benzene rings is 2. The van der Waals surface area contributed by atoms with E-state index in [0.717, 1.165) is 12.0 Å². The number of hydrogen-bond donors (Lipinski definition) is 1. The zero-order chi connectivity index (χ0) is 23.2. The molecule has 2 amide bonds. The van der Waals surface area contributed by atoms with Crippen molar-refractivity contribution in [3.05, 3.63) is 53.6 Å². The van der Waals surface area contributed by atoms with Crippen molar-refractivity contribution in [2.75, 3.05) is 23.9 Å². The number of amides is 2. The number of ether oxygens (including phenoxy) is 2. The van der Waals surface area contributed by atoms with Crippen LogP contribution in [0, 0.1) is 5.92 Å². The summed E-state index contributed by atoms with van der Waals surface area (Å²) in [5, 5.41) is 2.97. The van der Waals surface area contributed by atoms with Gasteiger partial charge in [-0.05, 0) is 48.2 Å². The van der Waals surface area contributed by atoms with Crippen LogP contribution in [0.25, 0.3) is 0 Å². The summed E-state index contributed by atoms with van der Waals surface area (Å²) in [6, 6.07) is 12.3. The molecular formula is C26H30N2O5. The van der Waals surface area contributed by atoms with E-state index in [4.69, 9.17) is 9.47 Å². The van der Waals surface area contributed by atoms with Gasteiger partial charge in [-0.3, -0.25) is 9.59 Å². The summed E-state index contributed by atoms with van der Waals surface area (Å²) in [5.74, 6) is 0.602. The lowest BCUT2D eigenvalue weighted by molar-refractivity contribution is -0.121. The Balaban J connectivity index is 1.46. The Labute approximate surface area is 194 Å². The van der Waals surface area contributed by atoms with Gasteiger partial charge in [0, 0.05) is 12.1 Å². The van der Waals surface area contributed by atoms with E-state index >= 15 is 0 Å². The first kappa shape index (κ1) is 22.8. The SMILES string of the molecule is COC(=O)c1cccc(CN2C(=O)COc3ccc(NC(=O)CCC4CCCCC4)cc32)c1. The Kier molecular flexibility index (Phi) is 7.27. The van der Waals surface area contributed by atoms with Crippen molar-refractivity contribution in [3.8, 4) is 5.75 Å². The van der Waals surface area contributed by atoms with Crippen LogP contribution in [-0.4, -0.2) is 31.5 Å². The first-order valence-corrected chi connectivity index (χ1v) is 11.6. The van der Waals surface area contributed by atoms with Crippen LogP contribution >= 0.6 is 0 Å². The molecule has 0 atom stereocenters. The Bertz CT molecular complexity index is 1030. The van der Waals surface area contributed by atoms with Gasteiger partial charge in [0.25, 0.3) is 5.91 Å². The highest BCUT2D eigenvalue weighted by Crippen LogP contribution is 2.36. The number of rotatable bonds is 7. The summed E-state index contributed by atoms with van der Waals surface area (Å²) in [6.45, 7) is 0.218. The van der Waals surface area contributed by atoms with Crippen LogP contribution in [0.5, 0.6) is 5.75 Å².